The van der Waals surface area contributed by atoms with Crippen LogP contribution < -0.4 is 16.0 Å². The van der Waals surface area contributed by atoms with Crippen LogP contribution in [0.15, 0.2) is 36.3 Å². The van der Waals surface area contributed by atoms with Gasteiger partial charge in [-0.05, 0) is 82.6 Å². The molecular formula is C29H42N6O2. The third kappa shape index (κ3) is 6.60. The maximum atomic E-state index is 12.8. The molecule has 1 aromatic heterocycles. The van der Waals surface area contributed by atoms with Crippen LogP contribution in [0.3, 0.4) is 0 Å². The van der Waals surface area contributed by atoms with E-state index in [1.807, 2.05) is 19.2 Å². The molecule has 0 spiro atoms. The van der Waals surface area contributed by atoms with Gasteiger partial charge in [0.25, 0.3) is 5.91 Å². The standard InChI is InChI=1S/C29H42N6O2/c1-5-27(33-24-17-32-35(18-24)25-11-13-34(14-12-25)20(2)3)21(4)26-15-23(9-10-28(26)31-19-36)29(37)30-16-22-7-6-8-22/h9-10,15,17-20,22,25,33H,5-8,11-14,16H2,1-4H3,(H,30,37)(H,31,36)/b27-21+. The average molecular weight is 507 g/mol. The molecule has 1 saturated heterocycles. The predicted molar refractivity (Wildman–Crippen MR) is 150 cm³/mol. The fourth-order valence-corrected chi connectivity index (χ4v) is 5.27. The Kier molecular flexibility index (Phi) is 9.03. The number of likely N-dealkylation sites (tertiary alicyclic amines) is 1. The van der Waals surface area contributed by atoms with E-state index in [4.69, 9.17) is 0 Å². The molecule has 2 amide bonds. The zero-order chi connectivity index (χ0) is 26.4. The summed E-state index contributed by atoms with van der Waals surface area (Å²) in [5, 5.41) is 14.1. The van der Waals surface area contributed by atoms with Crippen LogP contribution in [0.1, 0.15) is 88.2 Å². The van der Waals surface area contributed by atoms with Crippen molar-refractivity contribution in [3.63, 3.8) is 0 Å². The summed E-state index contributed by atoms with van der Waals surface area (Å²) >= 11 is 0. The molecule has 2 fully saturated rings. The van der Waals surface area contributed by atoms with E-state index in [9.17, 15) is 9.59 Å². The van der Waals surface area contributed by atoms with Crippen molar-refractivity contribution in [2.45, 2.75) is 78.3 Å². The van der Waals surface area contributed by atoms with Crippen molar-refractivity contribution in [3.05, 3.63) is 47.4 Å². The van der Waals surface area contributed by atoms with Crippen LogP contribution in [-0.2, 0) is 4.79 Å². The lowest BCUT2D eigenvalue weighted by Gasteiger charge is -2.34. The summed E-state index contributed by atoms with van der Waals surface area (Å²) in [4.78, 5) is 26.6. The Labute approximate surface area is 220 Å². The predicted octanol–water partition coefficient (Wildman–Crippen LogP) is 5.28. The van der Waals surface area contributed by atoms with E-state index in [0.29, 0.717) is 35.7 Å². The zero-order valence-electron chi connectivity index (χ0n) is 22.7. The molecule has 2 heterocycles. The van der Waals surface area contributed by atoms with Gasteiger partial charge in [0, 0.05) is 54.4 Å². The molecule has 0 radical (unpaired) electrons. The van der Waals surface area contributed by atoms with Crippen molar-refractivity contribution in [1.82, 2.24) is 20.0 Å². The lowest BCUT2D eigenvalue weighted by Crippen LogP contribution is -2.39. The number of nitrogens with one attached hydrogen (secondary N) is 3. The number of rotatable bonds is 11. The van der Waals surface area contributed by atoms with Gasteiger partial charge >= 0.3 is 0 Å². The lowest BCUT2D eigenvalue weighted by molar-refractivity contribution is -0.105. The second-order valence-electron chi connectivity index (χ2n) is 10.7. The van der Waals surface area contributed by atoms with Crippen molar-refractivity contribution >= 4 is 29.3 Å². The van der Waals surface area contributed by atoms with E-state index < -0.39 is 0 Å². The Bertz CT molecular complexity index is 1110. The molecule has 2 aromatic rings. The quantitative estimate of drug-likeness (QED) is 0.361. The molecule has 37 heavy (non-hydrogen) atoms. The maximum absolute atomic E-state index is 12.8. The minimum atomic E-state index is -0.0746. The van der Waals surface area contributed by atoms with E-state index in [0.717, 1.165) is 61.4 Å². The van der Waals surface area contributed by atoms with Gasteiger partial charge in [0.1, 0.15) is 0 Å². The van der Waals surface area contributed by atoms with Crippen molar-refractivity contribution in [3.8, 4) is 0 Å². The lowest BCUT2D eigenvalue weighted by atomic mass is 9.85. The first-order chi connectivity index (χ1) is 17.9. The van der Waals surface area contributed by atoms with E-state index in [1.54, 1.807) is 12.1 Å². The van der Waals surface area contributed by atoms with Gasteiger partial charge in [0.2, 0.25) is 6.41 Å². The molecule has 0 atom stereocenters. The van der Waals surface area contributed by atoms with Crippen LogP contribution in [0.2, 0.25) is 0 Å². The number of allylic oxidation sites excluding steroid dienone is 2. The van der Waals surface area contributed by atoms with Gasteiger partial charge in [-0.3, -0.25) is 14.3 Å². The van der Waals surface area contributed by atoms with E-state index in [-0.39, 0.29) is 5.91 Å². The highest BCUT2D eigenvalue weighted by atomic mass is 16.1. The second-order valence-corrected chi connectivity index (χ2v) is 10.7. The third-order valence-corrected chi connectivity index (χ3v) is 7.98. The monoisotopic (exact) mass is 506 g/mol. The Morgan fingerprint density at radius 3 is 2.57 bits per heavy atom. The summed E-state index contributed by atoms with van der Waals surface area (Å²) in [7, 11) is 0. The summed E-state index contributed by atoms with van der Waals surface area (Å²) in [6.45, 7) is 11.6. The van der Waals surface area contributed by atoms with Crippen molar-refractivity contribution in [1.29, 1.82) is 0 Å². The van der Waals surface area contributed by atoms with E-state index >= 15 is 0 Å². The normalized spacial score (nSPS) is 17.8. The maximum Gasteiger partial charge on any atom is 0.251 e. The third-order valence-electron chi connectivity index (χ3n) is 7.98. The van der Waals surface area contributed by atoms with Crippen LogP contribution >= 0.6 is 0 Å². The Morgan fingerprint density at radius 1 is 1.19 bits per heavy atom. The number of nitrogens with zero attached hydrogens (tertiary/aromatic N) is 3. The fraction of sp³-hybridized carbons (Fsp3) is 0.552. The molecule has 8 nitrogen and oxygen atoms in total. The number of aromatic nitrogens is 2. The topological polar surface area (TPSA) is 91.3 Å². The molecule has 2 aliphatic rings. The van der Waals surface area contributed by atoms with Gasteiger partial charge in [0.05, 0.1) is 17.9 Å². The molecule has 0 bridgehead atoms. The van der Waals surface area contributed by atoms with Crippen LogP contribution in [0, 0.1) is 5.92 Å². The SMILES string of the molecule is CC/C(Nc1cnn(C2CCN(C(C)C)CC2)c1)=C(/C)c1cc(C(=O)NCC2CCC2)ccc1NC=O. The van der Waals surface area contributed by atoms with Crippen LogP contribution in [0.25, 0.3) is 5.57 Å². The first-order valence-electron chi connectivity index (χ1n) is 13.8. The number of carbonyl (C=O) groups excluding carboxylic acids is 2. The molecule has 4 rings (SSSR count). The number of hydrogen-bond acceptors (Lipinski definition) is 5. The molecule has 8 heteroatoms. The van der Waals surface area contributed by atoms with Crippen LogP contribution in [0.4, 0.5) is 11.4 Å². The first-order valence-corrected chi connectivity index (χ1v) is 13.8. The van der Waals surface area contributed by atoms with Gasteiger partial charge in [-0.2, -0.15) is 5.10 Å². The first kappa shape index (κ1) is 26.9. The molecule has 3 N–H and O–H groups in total. The molecule has 1 aromatic carbocycles. The summed E-state index contributed by atoms with van der Waals surface area (Å²) in [6.07, 6.45) is 11.3. The van der Waals surface area contributed by atoms with Crippen molar-refractivity contribution in [2.24, 2.45) is 5.92 Å². The zero-order valence-corrected chi connectivity index (χ0v) is 22.7. The van der Waals surface area contributed by atoms with Crippen molar-refractivity contribution in [2.75, 3.05) is 30.3 Å². The Hall–Kier alpha value is -3.13. The Balaban J connectivity index is 1.50. The molecule has 1 saturated carbocycles. The number of benzene rings is 1. The molecule has 1 aliphatic heterocycles. The van der Waals surface area contributed by atoms with E-state index in [2.05, 4.69) is 57.6 Å². The smallest absolute Gasteiger partial charge is 0.251 e. The number of piperidine rings is 1. The number of carbonyl (C=O) groups is 2. The van der Waals surface area contributed by atoms with Crippen LogP contribution in [-0.4, -0.2) is 52.7 Å². The number of amides is 2. The van der Waals surface area contributed by atoms with Gasteiger partial charge < -0.3 is 20.9 Å². The molecule has 200 valence electrons. The summed E-state index contributed by atoms with van der Waals surface area (Å²) < 4.78 is 2.09. The van der Waals surface area contributed by atoms with Crippen molar-refractivity contribution < 1.29 is 9.59 Å². The fourth-order valence-electron chi connectivity index (χ4n) is 5.27. The highest BCUT2D eigenvalue weighted by molar-refractivity contribution is 5.97. The molecule has 0 unspecified atom stereocenters. The van der Waals surface area contributed by atoms with E-state index in [1.165, 1.54) is 19.3 Å². The van der Waals surface area contributed by atoms with Gasteiger partial charge in [0.15, 0.2) is 0 Å². The van der Waals surface area contributed by atoms with Gasteiger partial charge in [-0.25, -0.2) is 0 Å². The van der Waals surface area contributed by atoms with Gasteiger partial charge in [-0.15, -0.1) is 0 Å². The highest BCUT2D eigenvalue weighted by Gasteiger charge is 2.23. The minimum absolute atomic E-state index is 0.0746. The highest BCUT2D eigenvalue weighted by Crippen LogP contribution is 2.31. The second kappa shape index (κ2) is 12.4. The summed E-state index contributed by atoms with van der Waals surface area (Å²) in [5.41, 5.74) is 5.07. The summed E-state index contributed by atoms with van der Waals surface area (Å²) in [6, 6.07) is 6.45. The Morgan fingerprint density at radius 2 is 1.95 bits per heavy atom. The minimum Gasteiger partial charge on any atom is -0.356 e. The molecule has 1 aliphatic carbocycles. The largest absolute Gasteiger partial charge is 0.356 e. The number of anilines is 2. The average Bonchev–Trinajstić information content (AvgIpc) is 3.35. The number of hydrogen-bond donors (Lipinski definition) is 3. The summed E-state index contributed by atoms with van der Waals surface area (Å²) in [5.74, 6) is 0.523. The van der Waals surface area contributed by atoms with Gasteiger partial charge in [-0.1, -0.05) is 13.3 Å². The van der Waals surface area contributed by atoms with Crippen LogP contribution in [0.5, 0.6) is 0 Å². The molecular weight excluding hydrogens is 464 g/mol.